The van der Waals surface area contributed by atoms with Crippen molar-refractivity contribution >= 4 is 11.7 Å². The molecule has 7 nitrogen and oxygen atoms in total. The van der Waals surface area contributed by atoms with E-state index in [4.69, 9.17) is 4.74 Å². The van der Waals surface area contributed by atoms with E-state index >= 15 is 0 Å². The van der Waals surface area contributed by atoms with E-state index in [1.165, 1.54) is 61.2 Å². The Morgan fingerprint density at radius 2 is 1.88 bits per heavy atom. The fourth-order valence-electron chi connectivity index (χ4n) is 4.15. The first-order valence-electron chi connectivity index (χ1n) is 10.8. The summed E-state index contributed by atoms with van der Waals surface area (Å²) < 4.78 is 48.2. The van der Waals surface area contributed by atoms with Gasteiger partial charge in [-0.2, -0.15) is 4.73 Å². The van der Waals surface area contributed by atoms with Crippen LogP contribution in [0.15, 0.2) is 61.2 Å². The Kier molecular flexibility index (Phi) is 6.67. The molecule has 0 saturated heterocycles. The van der Waals surface area contributed by atoms with Crippen molar-refractivity contribution < 1.29 is 27.4 Å². The van der Waals surface area contributed by atoms with Crippen molar-refractivity contribution in [3.05, 3.63) is 77.8 Å². The lowest BCUT2D eigenvalue weighted by Crippen LogP contribution is -2.38. The topological polar surface area (TPSA) is 91.0 Å². The minimum absolute atomic E-state index is 0.126. The maximum Gasteiger partial charge on any atom is 0.254 e. The number of amides is 1. The predicted octanol–water partition coefficient (Wildman–Crippen LogP) is 4.84. The van der Waals surface area contributed by atoms with Crippen molar-refractivity contribution in [1.82, 2.24) is 9.97 Å². The molecule has 178 valence electrons. The van der Waals surface area contributed by atoms with Gasteiger partial charge in [-0.25, -0.2) is 23.1 Å². The van der Waals surface area contributed by atoms with E-state index in [0.717, 1.165) is 0 Å². The number of nitrogens with one attached hydrogen (secondary N) is 1. The predicted molar refractivity (Wildman–Crippen MR) is 117 cm³/mol. The number of carbonyl (C=O) groups excluding carboxylic acids is 1. The number of rotatable bonds is 6. The Bertz CT molecular complexity index is 1130. The summed E-state index contributed by atoms with van der Waals surface area (Å²) in [7, 11) is 0. The number of carbonyl (C=O) groups is 1. The molecule has 2 heterocycles. The largest absolute Gasteiger partial charge is 0.619 e. The standard InChI is InChI=1S/C24H23F3N4O3/c1-15(17-6-9-24(26,27)20(12-17)16-7-10-31(33)11-8-16)23(32)30-21-13-29-22(14-28-21)34-19-4-2-18(25)3-5-19/h2-5,7-8,10-11,13-15,17,20H,6,9,12H2,1H3,(H,28,30,32)/t15-,17+,20-/m1/s1. The fraction of sp³-hybridized carbons (Fsp3) is 0.333. The highest BCUT2D eigenvalue weighted by Crippen LogP contribution is 2.48. The number of nitrogens with zero attached hydrogens (tertiary/aromatic N) is 3. The molecule has 2 aromatic heterocycles. The van der Waals surface area contributed by atoms with Gasteiger partial charge in [-0.3, -0.25) is 4.79 Å². The quantitative estimate of drug-likeness (QED) is 0.410. The molecule has 3 atom stereocenters. The van der Waals surface area contributed by atoms with Crippen LogP contribution in [-0.4, -0.2) is 21.8 Å². The maximum atomic E-state index is 14.6. The van der Waals surface area contributed by atoms with Crippen molar-refractivity contribution in [1.29, 1.82) is 0 Å². The van der Waals surface area contributed by atoms with E-state index in [0.29, 0.717) is 16.0 Å². The molecule has 1 N–H and O–H groups in total. The molecule has 1 aliphatic rings. The van der Waals surface area contributed by atoms with Crippen LogP contribution in [0.25, 0.3) is 0 Å². The Hall–Kier alpha value is -3.69. The van der Waals surface area contributed by atoms with Crippen molar-refractivity contribution in [2.24, 2.45) is 11.8 Å². The minimum atomic E-state index is -2.91. The van der Waals surface area contributed by atoms with Crippen molar-refractivity contribution in [2.75, 3.05) is 5.32 Å². The summed E-state index contributed by atoms with van der Waals surface area (Å²) in [5.41, 5.74) is 0.386. The van der Waals surface area contributed by atoms with E-state index in [9.17, 15) is 23.2 Å². The number of ether oxygens (including phenoxy) is 1. The van der Waals surface area contributed by atoms with Gasteiger partial charge in [0.1, 0.15) is 11.6 Å². The molecular formula is C24H23F3N4O3. The summed E-state index contributed by atoms with van der Waals surface area (Å²) in [6, 6.07) is 8.21. The van der Waals surface area contributed by atoms with Gasteiger partial charge in [0.25, 0.3) is 5.92 Å². The van der Waals surface area contributed by atoms with Crippen molar-refractivity contribution in [2.45, 2.75) is 38.0 Å². The second-order valence-electron chi connectivity index (χ2n) is 8.41. The van der Waals surface area contributed by atoms with Gasteiger partial charge in [0.2, 0.25) is 11.8 Å². The molecule has 34 heavy (non-hydrogen) atoms. The molecule has 1 amide bonds. The summed E-state index contributed by atoms with van der Waals surface area (Å²) in [5.74, 6) is -4.77. The summed E-state index contributed by atoms with van der Waals surface area (Å²) >= 11 is 0. The van der Waals surface area contributed by atoms with Gasteiger partial charge in [0, 0.05) is 30.4 Å². The van der Waals surface area contributed by atoms with E-state index in [1.807, 2.05) is 0 Å². The van der Waals surface area contributed by atoms with Crippen LogP contribution >= 0.6 is 0 Å². The fourth-order valence-corrected chi connectivity index (χ4v) is 4.15. The van der Waals surface area contributed by atoms with Gasteiger partial charge in [-0.1, -0.05) is 6.92 Å². The highest BCUT2D eigenvalue weighted by molar-refractivity contribution is 5.91. The van der Waals surface area contributed by atoms with Gasteiger partial charge < -0.3 is 15.3 Å². The van der Waals surface area contributed by atoms with Gasteiger partial charge >= 0.3 is 0 Å². The van der Waals surface area contributed by atoms with Crippen LogP contribution in [0.2, 0.25) is 0 Å². The summed E-state index contributed by atoms with van der Waals surface area (Å²) in [4.78, 5) is 21.0. The van der Waals surface area contributed by atoms with Crippen molar-refractivity contribution in [3.63, 3.8) is 0 Å². The Morgan fingerprint density at radius 1 is 1.18 bits per heavy atom. The second kappa shape index (κ2) is 9.66. The second-order valence-corrected chi connectivity index (χ2v) is 8.41. The van der Waals surface area contributed by atoms with E-state index in [1.54, 1.807) is 6.92 Å². The molecule has 10 heteroatoms. The molecule has 0 spiro atoms. The van der Waals surface area contributed by atoms with E-state index in [2.05, 4.69) is 15.3 Å². The lowest BCUT2D eigenvalue weighted by molar-refractivity contribution is -0.605. The first kappa shape index (κ1) is 23.5. The lowest BCUT2D eigenvalue weighted by Gasteiger charge is -2.38. The van der Waals surface area contributed by atoms with Crippen LogP contribution in [0.4, 0.5) is 19.0 Å². The zero-order valence-corrected chi connectivity index (χ0v) is 18.3. The van der Waals surface area contributed by atoms with Crippen LogP contribution in [0.5, 0.6) is 11.6 Å². The maximum absolute atomic E-state index is 14.6. The molecule has 0 bridgehead atoms. The summed E-state index contributed by atoms with van der Waals surface area (Å²) in [6.07, 6.45) is 5.05. The van der Waals surface area contributed by atoms with Crippen LogP contribution in [-0.2, 0) is 4.79 Å². The average molecular weight is 472 g/mol. The Morgan fingerprint density at radius 3 is 2.53 bits per heavy atom. The molecule has 1 aromatic carbocycles. The zero-order valence-electron chi connectivity index (χ0n) is 18.3. The monoisotopic (exact) mass is 472 g/mol. The Labute approximate surface area is 194 Å². The molecule has 1 saturated carbocycles. The van der Waals surface area contributed by atoms with Gasteiger partial charge in [0.15, 0.2) is 18.2 Å². The molecule has 0 radical (unpaired) electrons. The third-order valence-electron chi connectivity index (χ3n) is 6.16. The van der Waals surface area contributed by atoms with E-state index in [-0.39, 0.29) is 42.8 Å². The minimum Gasteiger partial charge on any atom is -0.619 e. The SMILES string of the molecule is C[C@@H](C(=O)Nc1cnc(Oc2ccc(F)cc2)cn1)[C@H]1CCC(F)(F)[C@@H](c2cc[n+]([O-])cc2)C1. The third-order valence-corrected chi connectivity index (χ3v) is 6.16. The number of benzene rings is 1. The van der Waals surface area contributed by atoms with Gasteiger partial charge in [0.05, 0.1) is 12.4 Å². The lowest BCUT2D eigenvalue weighted by atomic mass is 9.71. The van der Waals surface area contributed by atoms with Gasteiger partial charge in [-0.15, -0.1) is 0 Å². The molecule has 1 fully saturated rings. The highest BCUT2D eigenvalue weighted by Gasteiger charge is 2.47. The molecule has 0 unspecified atom stereocenters. The smallest absolute Gasteiger partial charge is 0.254 e. The van der Waals surface area contributed by atoms with Gasteiger partial charge in [-0.05, 0) is 48.6 Å². The Balaban J connectivity index is 1.38. The summed E-state index contributed by atoms with van der Waals surface area (Å²) in [6.45, 7) is 1.70. The van der Waals surface area contributed by atoms with Crippen molar-refractivity contribution in [3.8, 4) is 11.6 Å². The molecule has 0 aliphatic heterocycles. The molecular weight excluding hydrogens is 449 g/mol. The number of alkyl halides is 2. The normalized spacial score (nSPS) is 20.4. The molecule has 1 aliphatic carbocycles. The number of halogens is 3. The molecule has 3 aromatic rings. The highest BCUT2D eigenvalue weighted by atomic mass is 19.3. The first-order chi connectivity index (χ1) is 16.2. The number of aromatic nitrogens is 3. The van der Waals surface area contributed by atoms with Crippen LogP contribution < -0.4 is 14.8 Å². The number of anilines is 1. The average Bonchev–Trinajstić information content (AvgIpc) is 2.82. The number of hydrogen-bond donors (Lipinski definition) is 1. The summed E-state index contributed by atoms with van der Waals surface area (Å²) in [5, 5.41) is 13.9. The van der Waals surface area contributed by atoms with Crippen LogP contribution in [0.3, 0.4) is 0 Å². The first-order valence-corrected chi connectivity index (χ1v) is 10.8. The third kappa shape index (κ3) is 5.44. The van der Waals surface area contributed by atoms with E-state index < -0.39 is 23.6 Å². The van der Waals surface area contributed by atoms with Crippen LogP contribution in [0, 0.1) is 22.9 Å². The van der Waals surface area contributed by atoms with Crippen LogP contribution in [0.1, 0.15) is 37.7 Å². The zero-order chi connectivity index (χ0) is 24.3. The number of hydrogen-bond acceptors (Lipinski definition) is 5. The number of pyridine rings is 1. The molecule has 4 rings (SSSR count).